The third kappa shape index (κ3) is 5.33. The summed E-state index contributed by atoms with van der Waals surface area (Å²) < 4.78 is 31.6. The van der Waals surface area contributed by atoms with Gasteiger partial charge in [-0.25, -0.2) is 13.2 Å². The number of hydrogen-bond acceptors (Lipinski definition) is 4. The highest BCUT2D eigenvalue weighted by molar-refractivity contribution is 7.89. The molecule has 0 aliphatic carbocycles. The SMILES string of the molecule is CC(C)(C)CN(C(=O)OC(C)(C)C)S(=O)(=O)c1ccccc1. The minimum atomic E-state index is -3.95. The molecule has 0 aromatic heterocycles. The Labute approximate surface area is 133 Å². The monoisotopic (exact) mass is 327 g/mol. The number of carbonyl (C=O) groups is 1. The van der Waals surface area contributed by atoms with Crippen LogP contribution in [0.3, 0.4) is 0 Å². The lowest BCUT2D eigenvalue weighted by Crippen LogP contribution is -2.44. The van der Waals surface area contributed by atoms with Crippen molar-refractivity contribution in [3.63, 3.8) is 0 Å². The zero-order valence-corrected chi connectivity index (χ0v) is 14.9. The Kier molecular flexibility index (Phi) is 5.28. The van der Waals surface area contributed by atoms with E-state index in [1.54, 1.807) is 39.0 Å². The molecule has 0 fully saturated rings. The smallest absolute Gasteiger partial charge is 0.424 e. The van der Waals surface area contributed by atoms with E-state index in [0.717, 1.165) is 4.31 Å². The molecule has 0 aliphatic rings. The quantitative estimate of drug-likeness (QED) is 0.850. The summed E-state index contributed by atoms with van der Waals surface area (Å²) in [6.45, 7) is 10.7. The second-order valence-electron chi connectivity index (χ2n) is 7.37. The van der Waals surface area contributed by atoms with Crippen LogP contribution in [0.1, 0.15) is 41.5 Å². The van der Waals surface area contributed by atoms with Crippen LogP contribution in [-0.4, -0.2) is 31.0 Å². The molecule has 0 bridgehead atoms. The van der Waals surface area contributed by atoms with Gasteiger partial charge in [0.25, 0.3) is 10.0 Å². The number of sulfonamides is 1. The van der Waals surface area contributed by atoms with Gasteiger partial charge in [0.1, 0.15) is 5.60 Å². The first-order valence-electron chi connectivity index (χ1n) is 7.14. The van der Waals surface area contributed by atoms with Crippen LogP contribution < -0.4 is 0 Å². The summed E-state index contributed by atoms with van der Waals surface area (Å²) in [5, 5.41) is 0. The first-order chi connectivity index (χ1) is 9.83. The highest BCUT2D eigenvalue weighted by atomic mass is 32.2. The molecule has 0 spiro atoms. The van der Waals surface area contributed by atoms with Crippen LogP contribution in [0.15, 0.2) is 35.2 Å². The molecule has 0 radical (unpaired) electrons. The summed E-state index contributed by atoms with van der Waals surface area (Å²) in [5.41, 5.74) is -1.15. The maximum absolute atomic E-state index is 12.8. The van der Waals surface area contributed by atoms with E-state index < -0.39 is 27.1 Å². The maximum Gasteiger partial charge on any atom is 0.424 e. The van der Waals surface area contributed by atoms with Crippen LogP contribution in [0, 0.1) is 5.41 Å². The van der Waals surface area contributed by atoms with Crippen molar-refractivity contribution in [2.24, 2.45) is 5.41 Å². The molecule has 1 aromatic rings. The Morgan fingerprint density at radius 1 is 1.05 bits per heavy atom. The molecular formula is C16H25NO4S. The summed E-state index contributed by atoms with van der Waals surface area (Å²) in [6.07, 6.45) is -0.855. The van der Waals surface area contributed by atoms with Crippen LogP contribution in [-0.2, 0) is 14.8 Å². The van der Waals surface area contributed by atoms with E-state index in [1.165, 1.54) is 12.1 Å². The van der Waals surface area contributed by atoms with Gasteiger partial charge in [-0.1, -0.05) is 39.0 Å². The fourth-order valence-electron chi connectivity index (χ4n) is 1.71. The molecule has 0 N–H and O–H groups in total. The number of nitrogens with zero attached hydrogens (tertiary/aromatic N) is 1. The molecule has 5 nitrogen and oxygen atoms in total. The summed E-state index contributed by atoms with van der Waals surface area (Å²) in [7, 11) is -3.95. The first-order valence-corrected chi connectivity index (χ1v) is 8.58. The van der Waals surface area contributed by atoms with Crippen molar-refractivity contribution in [2.75, 3.05) is 6.54 Å². The summed E-state index contributed by atoms with van der Waals surface area (Å²) >= 11 is 0. The standard InChI is InChI=1S/C16H25NO4S/c1-15(2,3)12-17(14(18)21-16(4,5)6)22(19,20)13-10-8-7-9-11-13/h7-11H,12H2,1-6H3. The molecule has 0 aliphatic heterocycles. The van der Waals surface area contributed by atoms with Crippen LogP contribution in [0.5, 0.6) is 0 Å². The first kappa shape index (κ1) is 18.5. The van der Waals surface area contributed by atoms with Gasteiger partial charge in [-0.15, -0.1) is 0 Å². The highest BCUT2D eigenvalue weighted by Gasteiger charge is 2.35. The molecule has 0 heterocycles. The van der Waals surface area contributed by atoms with E-state index in [0.29, 0.717) is 0 Å². The molecule has 1 aromatic carbocycles. The minimum Gasteiger partial charge on any atom is -0.443 e. The van der Waals surface area contributed by atoms with E-state index in [-0.39, 0.29) is 11.4 Å². The molecule has 1 rings (SSSR count). The van der Waals surface area contributed by atoms with Crippen molar-refractivity contribution in [1.82, 2.24) is 4.31 Å². The molecule has 0 atom stereocenters. The van der Waals surface area contributed by atoms with Gasteiger partial charge in [0.05, 0.1) is 4.90 Å². The van der Waals surface area contributed by atoms with E-state index in [1.807, 2.05) is 20.8 Å². The number of hydrogen-bond donors (Lipinski definition) is 0. The Morgan fingerprint density at radius 2 is 1.55 bits per heavy atom. The number of rotatable bonds is 3. The average molecular weight is 327 g/mol. The van der Waals surface area contributed by atoms with Crippen LogP contribution >= 0.6 is 0 Å². The average Bonchev–Trinajstić information content (AvgIpc) is 2.33. The second-order valence-corrected chi connectivity index (χ2v) is 9.23. The minimum absolute atomic E-state index is 0.0408. The zero-order chi connectivity index (χ0) is 17.2. The van der Waals surface area contributed by atoms with Crippen molar-refractivity contribution < 1.29 is 17.9 Å². The van der Waals surface area contributed by atoms with Crippen LogP contribution in [0.2, 0.25) is 0 Å². The van der Waals surface area contributed by atoms with Gasteiger partial charge in [-0.3, -0.25) is 0 Å². The Balaban J connectivity index is 3.24. The van der Waals surface area contributed by atoms with Gasteiger partial charge in [-0.05, 0) is 38.3 Å². The second kappa shape index (κ2) is 6.28. The molecular weight excluding hydrogens is 302 g/mol. The fourth-order valence-corrected chi connectivity index (χ4v) is 3.26. The van der Waals surface area contributed by atoms with Crippen molar-refractivity contribution >= 4 is 16.1 Å². The van der Waals surface area contributed by atoms with Gasteiger partial charge < -0.3 is 4.74 Å². The Hall–Kier alpha value is -1.56. The zero-order valence-electron chi connectivity index (χ0n) is 14.1. The third-order valence-corrected chi connectivity index (χ3v) is 4.27. The van der Waals surface area contributed by atoms with Gasteiger partial charge in [-0.2, -0.15) is 4.31 Å². The molecule has 0 unspecified atom stereocenters. The molecule has 0 saturated heterocycles. The number of amides is 1. The third-order valence-electron chi connectivity index (χ3n) is 2.55. The van der Waals surface area contributed by atoms with E-state index in [4.69, 9.17) is 4.74 Å². The number of benzene rings is 1. The lowest BCUT2D eigenvalue weighted by atomic mass is 9.97. The van der Waals surface area contributed by atoms with Crippen molar-refractivity contribution in [2.45, 2.75) is 52.0 Å². The van der Waals surface area contributed by atoms with Crippen molar-refractivity contribution in [1.29, 1.82) is 0 Å². The highest BCUT2D eigenvalue weighted by Crippen LogP contribution is 2.24. The van der Waals surface area contributed by atoms with Gasteiger partial charge in [0.15, 0.2) is 0 Å². The molecule has 0 saturated carbocycles. The fraction of sp³-hybridized carbons (Fsp3) is 0.562. The largest absolute Gasteiger partial charge is 0.443 e. The predicted molar refractivity (Wildman–Crippen MR) is 86.0 cm³/mol. The molecule has 22 heavy (non-hydrogen) atoms. The summed E-state index contributed by atoms with van der Waals surface area (Å²) in [4.78, 5) is 12.5. The van der Waals surface area contributed by atoms with E-state index in [2.05, 4.69) is 0 Å². The summed E-state index contributed by atoms with van der Waals surface area (Å²) in [6, 6.07) is 7.90. The number of carbonyl (C=O) groups excluding carboxylic acids is 1. The van der Waals surface area contributed by atoms with Gasteiger partial charge in [0.2, 0.25) is 0 Å². The number of ether oxygens (including phenoxy) is 1. The van der Waals surface area contributed by atoms with E-state index >= 15 is 0 Å². The molecule has 124 valence electrons. The molecule has 6 heteroatoms. The Morgan fingerprint density at radius 3 is 1.95 bits per heavy atom. The lowest BCUT2D eigenvalue weighted by Gasteiger charge is -2.31. The molecule has 1 amide bonds. The van der Waals surface area contributed by atoms with E-state index in [9.17, 15) is 13.2 Å². The predicted octanol–water partition coefficient (Wildman–Crippen LogP) is 3.66. The Bertz CT molecular complexity index is 610. The maximum atomic E-state index is 12.8. The van der Waals surface area contributed by atoms with Crippen LogP contribution in [0.4, 0.5) is 4.79 Å². The normalized spacial score (nSPS) is 12.8. The van der Waals surface area contributed by atoms with Gasteiger partial charge >= 0.3 is 6.09 Å². The lowest BCUT2D eigenvalue weighted by molar-refractivity contribution is 0.0352. The van der Waals surface area contributed by atoms with Crippen molar-refractivity contribution in [3.05, 3.63) is 30.3 Å². The van der Waals surface area contributed by atoms with Gasteiger partial charge in [0, 0.05) is 6.54 Å². The summed E-state index contributed by atoms with van der Waals surface area (Å²) in [5.74, 6) is 0. The topological polar surface area (TPSA) is 63.7 Å². The van der Waals surface area contributed by atoms with Crippen molar-refractivity contribution in [3.8, 4) is 0 Å². The van der Waals surface area contributed by atoms with Crippen LogP contribution in [0.25, 0.3) is 0 Å².